The first-order chi connectivity index (χ1) is 13.8. The van der Waals surface area contributed by atoms with E-state index in [1.807, 2.05) is 23.1 Å². The summed E-state index contributed by atoms with van der Waals surface area (Å²) in [6.07, 6.45) is 6.46. The lowest BCUT2D eigenvalue weighted by Crippen LogP contribution is -2.39. The maximum absolute atomic E-state index is 12.9. The minimum Gasteiger partial charge on any atom is -0.454 e. The zero-order valence-electron chi connectivity index (χ0n) is 15.9. The predicted molar refractivity (Wildman–Crippen MR) is 101 cm³/mol. The summed E-state index contributed by atoms with van der Waals surface area (Å²) in [6, 6.07) is 5.71. The Morgan fingerprint density at radius 2 is 2.04 bits per heavy atom. The molecule has 8 heteroatoms. The van der Waals surface area contributed by atoms with E-state index in [9.17, 15) is 4.79 Å². The number of nitrogens with one attached hydrogen (secondary N) is 1. The smallest absolute Gasteiger partial charge is 0.318 e. The van der Waals surface area contributed by atoms with Crippen LogP contribution < -0.4 is 14.8 Å². The molecule has 8 nitrogen and oxygen atoms in total. The first kappa shape index (κ1) is 17.3. The van der Waals surface area contributed by atoms with Crippen molar-refractivity contribution in [3.05, 3.63) is 35.4 Å². The van der Waals surface area contributed by atoms with Crippen LogP contribution in [0.3, 0.4) is 0 Å². The van der Waals surface area contributed by atoms with Gasteiger partial charge in [0.25, 0.3) is 0 Å². The maximum atomic E-state index is 12.9. The van der Waals surface area contributed by atoms with E-state index in [1.165, 1.54) is 12.8 Å². The number of amides is 2. The van der Waals surface area contributed by atoms with Crippen molar-refractivity contribution in [2.45, 2.75) is 57.7 Å². The molecule has 1 aromatic heterocycles. The van der Waals surface area contributed by atoms with Crippen molar-refractivity contribution in [1.29, 1.82) is 0 Å². The van der Waals surface area contributed by atoms with Crippen LogP contribution in [0.1, 0.15) is 55.4 Å². The highest BCUT2D eigenvalue weighted by Crippen LogP contribution is 2.34. The van der Waals surface area contributed by atoms with Gasteiger partial charge in [0.15, 0.2) is 17.3 Å². The molecule has 1 atom stereocenters. The van der Waals surface area contributed by atoms with Crippen molar-refractivity contribution < 1.29 is 14.3 Å². The molecule has 0 saturated carbocycles. The molecule has 0 radical (unpaired) electrons. The van der Waals surface area contributed by atoms with Crippen molar-refractivity contribution in [2.24, 2.45) is 0 Å². The second-order valence-electron chi connectivity index (χ2n) is 7.63. The number of fused-ring (bicyclic) bond motifs is 2. The highest BCUT2D eigenvalue weighted by molar-refractivity contribution is 5.75. The number of ether oxygens (including phenoxy) is 2. The number of urea groups is 1. The standard InChI is InChI=1S/C20H25N5O3/c26-20(21-12-14-7-8-16-17(11-14)28-13-27-16)24-10-4-5-15(24)19-23-22-18-6-2-1-3-9-25(18)19/h7-8,11,15H,1-6,9-10,12-13H2,(H,21,26)/t15-/m0/s1. The lowest BCUT2D eigenvalue weighted by Gasteiger charge is -2.25. The summed E-state index contributed by atoms with van der Waals surface area (Å²) in [6.45, 7) is 2.42. The van der Waals surface area contributed by atoms with E-state index in [1.54, 1.807) is 0 Å². The SMILES string of the molecule is O=C(NCc1ccc2c(c1)OCO2)N1CCC[C@H]1c1nnc2n1CCCCC2. The van der Waals surface area contributed by atoms with Gasteiger partial charge in [0.2, 0.25) is 6.79 Å². The number of hydrogen-bond donors (Lipinski definition) is 1. The number of benzene rings is 1. The summed E-state index contributed by atoms with van der Waals surface area (Å²) in [4.78, 5) is 14.8. The summed E-state index contributed by atoms with van der Waals surface area (Å²) in [5.74, 6) is 3.51. The largest absolute Gasteiger partial charge is 0.454 e. The lowest BCUT2D eigenvalue weighted by molar-refractivity contribution is 0.174. The molecule has 28 heavy (non-hydrogen) atoms. The van der Waals surface area contributed by atoms with Crippen LogP contribution in [0.4, 0.5) is 4.79 Å². The number of hydrogen-bond acceptors (Lipinski definition) is 5. The van der Waals surface area contributed by atoms with Crippen LogP contribution in [0.2, 0.25) is 0 Å². The maximum Gasteiger partial charge on any atom is 0.318 e. The van der Waals surface area contributed by atoms with Gasteiger partial charge in [0.1, 0.15) is 5.82 Å². The number of aromatic nitrogens is 3. The Labute approximate surface area is 163 Å². The molecule has 4 heterocycles. The zero-order chi connectivity index (χ0) is 18.9. The molecule has 2 aromatic rings. The molecule has 0 bridgehead atoms. The van der Waals surface area contributed by atoms with E-state index in [0.29, 0.717) is 6.54 Å². The van der Waals surface area contributed by atoms with E-state index in [0.717, 1.165) is 67.5 Å². The quantitative estimate of drug-likeness (QED) is 0.881. The van der Waals surface area contributed by atoms with Crippen molar-refractivity contribution in [3.63, 3.8) is 0 Å². The average molecular weight is 383 g/mol. The van der Waals surface area contributed by atoms with Crippen LogP contribution in [-0.2, 0) is 19.5 Å². The monoisotopic (exact) mass is 383 g/mol. The van der Waals surface area contributed by atoms with Gasteiger partial charge < -0.3 is 24.3 Å². The first-order valence-electron chi connectivity index (χ1n) is 10.1. The Balaban J connectivity index is 1.28. The van der Waals surface area contributed by atoms with Gasteiger partial charge in [-0.05, 0) is 43.4 Å². The van der Waals surface area contributed by atoms with Gasteiger partial charge in [-0.1, -0.05) is 12.5 Å². The van der Waals surface area contributed by atoms with Gasteiger partial charge in [0.05, 0.1) is 6.04 Å². The number of carbonyl (C=O) groups is 1. The van der Waals surface area contributed by atoms with Crippen molar-refractivity contribution in [1.82, 2.24) is 25.0 Å². The molecule has 5 rings (SSSR count). The minimum absolute atomic E-state index is 0.0103. The first-order valence-corrected chi connectivity index (χ1v) is 10.1. The van der Waals surface area contributed by atoms with Crippen LogP contribution >= 0.6 is 0 Å². The fraction of sp³-hybridized carbons (Fsp3) is 0.550. The van der Waals surface area contributed by atoms with E-state index >= 15 is 0 Å². The summed E-state index contributed by atoms with van der Waals surface area (Å²) in [5, 5.41) is 11.9. The molecule has 1 fully saturated rings. The molecule has 148 valence electrons. The van der Waals surface area contributed by atoms with Crippen LogP contribution in [0.15, 0.2) is 18.2 Å². The molecular weight excluding hydrogens is 358 g/mol. The third-order valence-electron chi connectivity index (χ3n) is 5.83. The second kappa shape index (κ2) is 7.33. The molecule has 1 N–H and O–H groups in total. The summed E-state index contributed by atoms with van der Waals surface area (Å²) < 4.78 is 13.0. The third-order valence-corrected chi connectivity index (χ3v) is 5.83. The predicted octanol–water partition coefficient (Wildman–Crippen LogP) is 2.78. The Hall–Kier alpha value is -2.77. The Morgan fingerprint density at radius 3 is 3.00 bits per heavy atom. The molecule has 0 spiro atoms. The Kier molecular flexibility index (Phi) is 4.54. The van der Waals surface area contributed by atoms with E-state index in [-0.39, 0.29) is 18.9 Å². The molecular formula is C20H25N5O3. The Morgan fingerprint density at radius 1 is 1.11 bits per heavy atom. The van der Waals surface area contributed by atoms with E-state index < -0.39 is 0 Å². The van der Waals surface area contributed by atoms with Gasteiger partial charge in [-0.25, -0.2) is 4.79 Å². The molecule has 1 aromatic carbocycles. The van der Waals surface area contributed by atoms with E-state index in [4.69, 9.17) is 9.47 Å². The van der Waals surface area contributed by atoms with Crippen LogP contribution in [0, 0.1) is 0 Å². The molecule has 0 unspecified atom stereocenters. The number of aryl methyl sites for hydroxylation is 1. The lowest BCUT2D eigenvalue weighted by atomic mass is 10.2. The molecule has 2 amide bonds. The van der Waals surface area contributed by atoms with Crippen LogP contribution in [0.25, 0.3) is 0 Å². The molecule has 3 aliphatic rings. The van der Waals surface area contributed by atoms with Gasteiger partial charge in [0, 0.05) is 26.1 Å². The fourth-order valence-corrected chi connectivity index (χ4v) is 4.36. The number of likely N-dealkylation sites (tertiary alicyclic amines) is 1. The highest BCUT2D eigenvalue weighted by atomic mass is 16.7. The summed E-state index contributed by atoms with van der Waals surface area (Å²) in [5.41, 5.74) is 0.990. The normalized spacial score (nSPS) is 20.7. The van der Waals surface area contributed by atoms with Crippen molar-refractivity contribution in [3.8, 4) is 11.5 Å². The molecule has 3 aliphatic heterocycles. The number of carbonyl (C=O) groups excluding carboxylic acids is 1. The van der Waals surface area contributed by atoms with Crippen LogP contribution in [-0.4, -0.2) is 39.0 Å². The third kappa shape index (κ3) is 3.16. The van der Waals surface area contributed by atoms with Gasteiger partial charge >= 0.3 is 6.03 Å². The number of rotatable bonds is 3. The van der Waals surface area contributed by atoms with Gasteiger partial charge in [-0.2, -0.15) is 0 Å². The zero-order valence-corrected chi connectivity index (χ0v) is 15.9. The van der Waals surface area contributed by atoms with Gasteiger partial charge in [-0.15, -0.1) is 10.2 Å². The van der Waals surface area contributed by atoms with Crippen molar-refractivity contribution in [2.75, 3.05) is 13.3 Å². The Bertz CT molecular complexity index is 881. The van der Waals surface area contributed by atoms with Crippen LogP contribution in [0.5, 0.6) is 11.5 Å². The minimum atomic E-state index is -0.0499. The van der Waals surface area contributed by atoms with Gasteiger partial charge in [-0.3, -0.25) is 0 Å². The van der Waals surface area contributed by atoms with Crippen molar-refractivity contribution >= 4 is 6.03 Å². The number of nitrogens with zero attached hydrogens (tertiary/aromatic N) is 4. The summed E-state index contributed by atoms with van der Waals surface area (Å²) in [7, 11) is 0. The topological polar surface area (TPSA) is 81.5 Å². The average Bonchev–Trinajstić information content (AvgIpc) is 3.42. The fourth-order valence-electron chi connectivity index (χ4n) is 4.36. The molecule has 1 saturated heterocycles. The second-order valence-corrected chi connectivity index (χ2v) is 7.63. The molecule has 0 aliphatic carbocycles. The van der Waals surface area contributed by atoms with E-state index in [2.05, 4.69) is 20.1 Å². The summed E-state index contributed by atoms with van der Waals surface area (Å²) >= 11 is 0. The highest BCUT2D eigenvalue weighted by Gasteiger charge is 2.34.